The first-order valence-corrected chi connectivity index (χ1v) is 7.92. The predicted molar refractivity (Wildman–Crippen MR) is 94.6 cm³/mol. The molecule has 3 rings (SSSR count). The van der Waals surface area contributed by atoms with Crippen molar-refractivity contribution in [3.05, 3.63) is 53.1 Å². The maximum atomic E-state index is 12.1. The number of anilines is 1. The van der Waals surface area contributed by atoms with Gasteiger partial charge in [0, 0.05) is 11.3 Å². The monoisotopic (exact) mass is 357 g/mol. The molecule has 8 heteroatoms. The van der Waals surface area contributed by atoms with Crippen LogP contribution in [0.1, 0.15) is 5.56 Å². The zero-order valence-electron chi connectivity index (χ0n) is 13.7. The van der Waals surface area contributed by atoms with Crippen molar-refractivity contribution in [2.24, 2.45) is 0 Å². The molecule has 0 radical (unpaired) electrons. The molecule has 1 N–H and O–H groups in total. The van der Waals surface area contributed by atoms with Crippen LogP contribution in [0.25, 0.3) is 11.4 Å². The molecule has 0 saturated carbocycles. The van der Waals surface area contributed by atoms with Gasteiger partial charge in [-0.1, -0.05) is 35.9 Å². The smallest absolute Gasteiger partial charge is 0.248 e. The van der Waals surface area contributed by atoms with Gasteiger partial charge in [0.2, 0.25) is 11.7 Å². The van der Waals surface area contributed by atoms with Crippen LogP contribution in [0.15, 0.2) is 42.5 Å². The minimum absolute atomic E-state index is 0.0530. The summed E-state index contributed by atoms with van der Waals surface area (Å²) < 4.78 is 5.08. The SMILES string of the molecule is COc1ccc(NC(=O)Cn2nnc(-c3ccccc3C)n2)cc1Cl. The van der Waals surface area contributed by atoms with E-state index in [2.05, 4.69) is 20.7 Å². The lowest BCUT2D eigenvalue weighted by molar-refractivity contribution is -0.117. The van der Waals surface area contributed by atoms with Crippen molar-refractivity contribution in [2.45, 2.75) is 13.5 Å². The topological polar surface area (TPSA) is 81.9 Å². The van der Waals surface area contributed by atoms with Gasteiger partial charge in [0.05, 0.1) is 12.1 Å². The molecule has 2 aromatic carbocycles. The fourth-order valence-corrected chi connectivity index (χ4v) is 2.57. The molecule has 0 bridgehead atoms. The van der Waals surface area contributed by atoms with Crippen LogP contribution in [0, 0.1) is 6.92 Å². The average molecular weight is 358 g/mol. The van der Waals surface area contributed by atoms with Gasteiger partial charge in [-0.25, -0.2) is 0 Å². The fourth-order valence-electron chi connectivity index (χ4n) is 2.31. The summed E-state index contributed by atoms with van der Waals surface area (Å²) >= 11 is 6.04. The Morgan fingerprint density at radius 2 is 2.08 bits per heavy atom. The molecule has 25 heavy (non-hydrogen) atoms. The summed E-state index contributed by atoms with van der Waals surface area (Å²) in [4.78, 5) is 13.4. The molecule has 0 spiro atoms. The minimum atomic E-state index is -0.282. The zero-order valence-corrected chi connectivity index (χ0v) is 14.5. The highest BCUT2D eigenvalue weighted by Gasteiger charge is 2.11. The van der Waals surface area contributed by atoms with E-state index in [9.17, 15) is 4.79 Å². The molecule has 1 amide bonds. The van der Waals surface area contributed by atoms with Gasteiger partial charge >= 0.3 is 0 Å². The summed E-state index contributed by atoms with van der Waals surface area (Å²) in [5.41, 5.74) is 2.49. The summed E-state index contributed by atoms with van der Waals surface area (Å²) in [6, 6.07) is 12.7. The number of tetrazole rings is 1. The summed E-state index contributed by atoms with van der Waals surface area (Å²) in [5, 5.41) is 15.3. The van der Waals surface area contributed by atoms with E-state index in [1.807, 2.05) is 31.2 Å². The van der Waals surface area contributed by atoms with Crippen molar-refractivity contribution in [3.63, 3.8) is 0 Å². The number of rotatable bonds is 5. The lowest BCUT2D eigenvalue weighted by atomic mass is 10.1. The third kappa shape index (κ3) is 3.95. The van der Waals surface area contributed by atoms with Crippen molar-refractivity contribution in [2.75, 3.05) is 12.4 Å². The van der Waals surface area contributed by atoms with Gasteiger partial charge in [-0.05, 0) is 35.9 Å². The summed E-state index contributed by atoms with van der Waals surface area (Å²) in [7, 11) is 1.53. The van der Waals surface area contributed by atoms with Crippen LogP contribution in [0.3, 0.4) is 0 Å². The highest BCUT2D eigenvalue weighted by molar-refractivity contribution is 6.32. The van der Waals surface area contributed by atoms with Crippen molar-refractivity contribution in [1.82, 2.24) is 20.2 Å². The molecular formula is C17H16ClN5O2. The third-order valence-electron chi connectivity index (χ3n) is 3.56. The van der Waals surface area contributed by atoms with E-state index in [-0.39, 0.29) is 12.5 Å². The van der Waals surface area contributed by atoms with E-state index in [0.29, 0.717) is 22.3 Å². The number of halogens is 1. The van der Waals surface area contributed by atoms with E-state index in [1.165, 1.54) is 11.9 Å². The number of carbonyl (C=O) groups excluding carboxylic acids is 1. The largest absolute Gasteiger partial charge is 0.495 e. The van der Waals surface area contributed by atoms with Crippen LogP contribution in [-0.4, -0.2) is 33.2 Å². The number of hydrogen-bond donors (Lipinski definition) is 1. The zero-order chi connectivity index (χ0) is 17.8. The van der Waals surface area contributed by atoms with Crippen LogP contribution in [0.5, 0.6) is 5.75 Å². The molecule has 0 saturated heterocycles. The molecule has 0 unspecified atom stereocenters. The Kier molecular flexibility index (Phi) is 4.95. The number of nitrogens with zero attached hydrogens (tertiary/aromatic N) is 4. The van der Waals surface area contributed by atoms with Gasteiger partial charge in [-0.2, -0.15) is 4.80 Å². The second-order valence-corrected chi connectivity index (χ2v) is 5.76. The normalized spacial score (nSPS) is 10.5. The van der Waals surface area contributed by atoms with Gasteiger partial charge in [0.15, 0.2) is 0 Å². The first-order valence-electron chi connectivity index (χ1n) is 7.54. The van der Waals surface area contributed by atoms with Gasteiger partial charge in [0.1, 0.15) is 12.3 Å². The summed E-state index contributed by atoms with van der Waals surface area (Å²) in [5.74, 6) is 0.744. The van der Waals surface area contributed by atoms with Crippen LogP contribution in [0.2, 0.25) is 5.02 Å². The van der Waals surface area contributed by atoms with Crippen molar-refractivity contribution in [1.29, 1.82) is 0 Å². The quantitative estimate of drug-likeness (QED) is 0.759. The average Bonchev–Trinajstić information content (AvgIpc) is 3.03. The number of methoxy groups -OCH3 is 1. The Labute approximate surface area is 149 Å². The molecule has 1 aromatic heterocycles. The van der Waals surface area contributed by atoms with Crippen molar-refractivity contribution in [3.8, 4) is 17.1 Å². The Morgan fingerprint density at radius 1 is 1.28 bits per heavy atom. The fraction of sp³-hybridized carbons (Fsp3) is 0.176. The molecule has 0 aliphatic carbocycles. The maximum absolute atomic E-state index is 12.1. The number of amides is 1. The van der Waals surface area contributed by atoms with Gasteiger partial charge in [0.25, 0.3) is 0 Å². The highest BCUT2D eigenvalue weighted by atomic mass is 35.5. The summed E-state index contributed by atoms with van der Waals surface area (Å²) in [6.07, 6.45) is 0. The van der Waals surface area contributed by atoms with E-state index in [1.54, 1.807) is 18.2 Å². The first kappa shape index (κ1) is 16.9. The van der Waals surface area contributed by atoms with Gasteiger partial charge < -0.3 is 10.1 Å². The lowest BCUT2D eigenvalue weighted by Gasteiger charge is -2.07. The highest BCUT2D eigenvalue weighted by Crippen LogP contribution is 2.27. The molecule has 1 heterocycles. The van der Waals surface area contributed by atoms with Gasteiger partial charge in [-0.15, -0.1) is 10.2 Å². The molecule has 0 atom stereocenters. The lowest BCUT2D eigenvalue weighted by Crippen LogP contribution is -2.20. The number of carbonyl (C=O) groups is 1. The molecule has 0 fully saturated rings. The number of aryl methyl sites for hydroxylation is 1. The van der Waals surface area contributed by atoms with Crippen molar-refractivity contribution >= 4 is 23.2 Å². The molecule has 0 aliphatic heterocycles. The maximum Gasteiger partial charge on any atom is 0.248 e. The molecule has 7 nitrogen and oxygen atoms in total. The second-order valence-electron chi connectivity index (χ2n) is 5.36. The Morgan fingerprint density at radius 3 is 2.80 bits per heavy atom. The Bertz CT molecular complexity index is 910. The number of benzene rings is 2. The van der Waals surface area contributed by atoms with Crippen molar-refractivity contribution < 1.29 is 9.53 Å². The third-order valence-corrected chi connectivity index (χ3v) is 3.85. The van der Waals surface area contributed by atoms with E-state index >= 15 is 0 Å². The van der Waals surface area contributed by atoms with Crippen LogP contribution < -0.4 is 10.1 Å². The molecule has 0 aliphatic rings. The second kappa shape index (κ2) is 7.31. The number of nitrogens with one attached hydrogen (secondary N) is 1. The van der Waals surface area contributed by atoms with Crippen LogP contribution in [0.4, 0.5) is 5.69 Å². The predicted octanol–water partition coefficient (Wildman–Crippen LogP) is 2.95. The van der Waals surface area contributed by atoms with Gasteiger partial charge in [-0.3, -0.25) is 4.79 Å². The van der Waals surface area contributed by atoms with Crippen LogP contribution >= 0.6 is 11.6 Å². The number of ether oxygens (including phenoxy) is 1. The first-order chi connectivity index (χ1) is 12.1. The number of hydrogen-bond acceptors (Lipinski definition) is 5. The minimum Gasteiger partial charge on any atom is -0.495 e. The summed E-state index contributed by atoms with van der Waals surface area (Å²) in [6.45, 7) is 1.92. The van der Waals surface area contributed by atoms with Crippen LogP contribution in [-0.2, 0) is 11.3 Å². The van der Waals surface area contributed by atoms with E-state index in [0.717, 1.165) is 11.1 Å². The molecule has 128 valence electrons. The van der Waals surface area contributed by atoms with E-state index in [4.69, 9.17) is 16.3 Å². The van der Waals surface area contributed by atoms with E-state index < -0.39 is 0 Å². The number of aromatic nitrogens is 4. The Balaban J connectivity index is 1.68. The Hall–Kier alpha value is -2.93. The molecular weight excluding hydrogens is 342 g/mol. The molecule has 3 aromatic rings. The standard InChI is InChI=1S/C17H16ClN5O2/c1-11-5-3-4-6-13(11)17-20-22-23(21-17)10-16(24)19-12-7-8-15(25-2)14(18)9-12/h3-9H,10H2,1-2H3,(H,19,24).